The minimum absolute atomic E-state index is 0.205. The second-order valence-electron chi connectivity index (χ2n) is 17.0. The maximum Gasteiger partial charge on any atom is 0.166 e. The third-order valence-corrected chi connectivity index (χ3v) is 13.7. The zero-order chi connectivity index (χ0) is 35.0. The van der Waals surface area contributed by atoms with Crippen LogP contribution in [0, 0.1) is 36.5 Å². The van der Waals surface area contributed by atoms with Gasteiger partial charge in [0, 0.05) is 76.1 Å². The Labute approximate surface area is 310 Å². The summed E-state index contributed by atoms with van der Waals surface area (Å²) in [6.45, 7) is 14.1. The van der Waals surface area contributed by atoms with E-state index in [1.54, 1.807) is 32.1 Å². The number of piperazine rings is 2. The van der Waals surface area contributed by atoms with Crippen molar-refractivity contribution in [2.45, 2.75) is 58.3 Å². The minimum Gasteiger partial charge on any atom is -0.395 e. The number of aliphatic hydroxyl groups excluding tert-OH is 1. The second kappa shape index (κ2) is 15.2. The van der Waals surface area contributed by atoms with Gasteiger partial charge in [-0.1, -0.05) is 48.5 Å². The van der Waals surface area contributed by atoms with Crippen molar-refractivity contribution in [3.63, 3.8) is 0 Å². The SMILES string of the molecule is Cc1nn2c(N3CCN(CCO)CC3)cc(-c3cccc(CCCN4CCN(CCC5C6CC7CC(C6)CC5C7)CC4)c3)nc2c1-c1ccccc1. The van der Waals surface area contributed by atoms with Gasteiger partial charge in [0.05, 0.1) is 18.0 Å². The van der Waals surface area contributed by atoms with Crippen molar-refractivity contribution < 1.29 is 5.11 Å². The van der Waals surface area contributed by atoms with Crippen LogP contribution in [0.4, 0.5) is 5.82 Å². The molecule has 6 aliphatic rings. The van der Waals surface area contributed by atoms with Crippen LogP contribution >= 0.6 is 0 Å². The molecule has 4 bridgehead atoms. The standard InChI is InChI=1S/C44H59N7O/c1-32-43(36-9-3-2-4-10-36)44-45-41(31-42(51(44)46-32)50-21-19-49(20-22-50)23-24-52)37-11-5-7-33(26-37)8-6-13-47-15-17-48(18-16-47)14-12-40-38-27-34-25-35(29-38)30-39(40)28-34/h2-5,7,9-11,26,31,34-35,38-40,52H,6,8,12-25,27-30H2,1H3. The van der Waals surface area contributed by atoms with Crippen LogP contribution in [0.5, 0.6) is 0 Å². The van der Waals surface area contributed by atoms with Gasteiger partial charge in [0.15, 0.2) is 5.65 Å². The number of hydrogen-bond acceptors (Lipinski definition) is 7. The Kier molecular flexibility index (Phi) is 10.1. The van der Waals surface area contributed by atoms with Crippen LogP contribution in [0.1, 0.15) is 56.2 Å². The lowest BCUT2D eigenvalue weighted by atomic mass is 9.51. The molecular formula is C44H59N7O. The summed E-state index contributed by atoms with van der Waals surface area (Å²) in [4.78, 5) is 15.6. The Morgan fingerprint density at radius 2 is 1.35 bits per heavy atom. The van der Waals surface area contributed by atoms with Crippen molar-refractivity contribution in [1.29, 1.82) is 0 Å². The lowest BCUT2D eigenvalue weighted by Gasteiger charge is -2.55. The smallest absolute Gasteiger partial charge is 0.166 e. The fourth-order valence-corrected chi connectivity index (χ4v) is 11.2. The molecule has 8 heteroatoms. The van der Waals surface area contributed by atoms with Crippen molar-refractivity contribution in [3.8, 4) is 22.4 Å². The van der Waals surface area contributed by atoms with E-state index >= 15 is 0 Å². The summed E-state index contributed by atoms with van der Waals surface area (Å²) in [7, 11) is 0. The molecule has 6 fully saturated rings. The van der Waals surface area contributed by atoms with Crippen LogP contribution in [-0.2, 0) is 6.42 Å². The first-order valence-corrected chi connectivity index (χ1v) is 20.7. The van der Waals surface area contributed by atoms with Gasteiger partial charge >= 0.3 is 0 Å². The van der Waals surface area contributed by atoms with E-state index in [0.717, 1.165) is 103 Å². The second-order valence-corrected chi connectivity index (χ2v) is 17.0. The molecule has 0 atom stereocenters. The van der Waals surface area contributed by atoms with E-state index < -0.39 is 0 Å². The van der Waals surface area contributed by atoms with Crippen LogP contribution < -0.4 is 4.90 Å². The van der Waals surface area contributed by atoms with Gasteiger partial charge in [-0.3, -0.25) is 4.90 Å². The van der Waals surface area contributed by atoms with Gasteiger partial charge in [0.1, 0.15) is 5.82 Å². The Morgan fingerprint density at radius 1 is 0.692 bits per heavy atom. The van der Waals surface area contributed by atoms with E-state index in [1.165, 1.54) is 63.2 Å². The van der Waals surface area contributed by atoms with Gasteiger partial charge in [0.2, 0.25) is 0 Å². The number of aromatic nitrogens is 3. The topological polar surface area (TPSA) is 63.4 Å². The predicted molar refractivity (Wildman–Crippen MR) is 211 cm³/mol. The average molecular weight is 702 g/mol. The summed E-state index contributed by atoms with van der Waals surface area (Å²) in [6.07, 6.45) is 11.5. The molecule has 52 heavy (non-hydrogen) atoms. The van der Waals surface area contributed by atoms with Gasteiger partial charge in [-0.15, -0.1) is 0 Å². The molecule has 0 amide bonds. The monoisotopic (exact) mass is 701 g/mol. The Balaban J connectivity index is 0.846. The minimum atomic E-state index is 0.205. The van der Waals surface area contributed by atoms with Crippen molar-refractivity contribution in [2.75, 3.05) is 83.5 Å². The van der Waals surface area contributed by atoms with Gasteiger partial charge in [-0.25, -0.2) is 4.98 Å². The lowest BCUT2D eigenvalue weighted by molar-refractivity contribution is -0.0437. The largest absolute Gasteiger partial charge is 0.395 e. The van der Waals surface area contributed by atoms with Crippen LogP contribution in [0.15, 0.2) is 60.7 Å². The maximum absolute atomic E-state index is 9.50. The van der Waals surface area contributed by atoms with Crippen LogP contribution in [-0.4, -0.2) is 113 Å². The number of β-amino-alcohol motifs (C(OH)–C–C–N with tert-alkyl or cyclic N) is 1. The molecular weight excluding hydrogens is 643 g/mol. The highest BCUT2D eigenvalue weighted by molar-refractivity contribution is 5.83. The molecule has 1 N–H and O–H groups in total. The predicted octanol–water partition coefficient (Wildman–Crippen LogP) is 6.50. The fourth-order valence-electron chi connectivity index (χ4n) is 11.2. The van der Waals surface area contributed by atoms with Gasteiger partial charge in [0.25, 0.3) is 0 Å². The Morgan fingerprint density at radius 3 is 2.06 bits per heavy atom. The molecule has 2 aliphatic heterocycles. The molecule has 4 heterocycles. The highest BCUT2D eigenvalue weighted by Crippen LogP contribution is 2.57. The first-order valence-electron chi connectivity index (χ1n) is 20.7. The lowest BCUT2D eigenvalue weighted by Crippen LogP contribution is -2.49. The first kappa shape index (κ1) is 34.5. The van der Waals surface area contributed by atoms with Crippen LogP contribution in [0.2, 0.25) is 0 Å². The number of nitrogens with zero attached hydrogens (tertiary/aromatic N) is 7. The zero-order valence-electron chi connectivity index (χ0n) is 31.4. The van der Waals surface area contributed by atoms with Gasteiger partial charge in [-0.2, -0.15) is 9.61 Å². The highest BCUT2D eigenvalue weighted by Gasteiger charge is 2.47. The van der Waals surface area contributed by atoms with Crippen molar-refractivity contribution >= 4 is 11.5 Å². The summed E-state index contributed by atoms with van der Waals surface area (Å²) >= 11 is 0. The van der Waals surface area contributed by atoms with Crippen molar-refractivity contribution in [1.82, 2.24) is 29.3 Å². The summed E-state index contributed by atoms with van der Waals surface area (Å²) in [6, 6.07) is 21.9. The van der Waals surface area contributed by atoms with Gasteiger partial charge in [-0.05, 0) is 118 Å². The molecule has 2 aromatic heterocycles. The molecule has 0 unspecified atom stereocenters. The van der Waals surface area contributed by atoms with Crippen molar-refractivity contribution in [3.05, 3.63) is 71.9 Å². The highest BCUT2D eigenvalue weighted by atomic mass is 16.3. The summed E-state index contributed by atoms with van der Waals surface area (Å²) < 4.78 is 2.07. The zero-order valence-corrected chi connectivity index (χ0v) is 31.4. The summed E-state index contributed by atoms with van der Waals surface area (Å²) in [5.74, 6) is 6.45. The molecule has 8 nitrogen and oxygen atoms in total. The van der Waals surface area contributed by atoms with E-state index in [0.29, 0.717) is 0 Å². The first-order chi connectivity index (χ1) is 25.6. The quantitative estimate of drug-likeness (QED) is 0.181. The number of rotatable bonds is 12. The van der Waals surface area contributed by atoms with Crippen molar-refractivity contribution in [2.24, 2.45) is 29.6 Å². The van der Waals surface area contributed by atoms with E-state index in [-0.39, 0.29) is 6.61 Å². The van der Waals surface area contributed by atoms with Crippen LogP contribution in [0.3, 0.4) is 0 Å². The van der Waals surface area contributed by atoms with E-state index in [1.807, 2.05) is 0 Å². The number of hydrogen-bond donors (Lipinski definition) is 1. The molecule has 10 rings (SSSR count). The number of benzene rings is 2. The van der Waals surface area contributed by atoms with E-state index in [9.17, 15) is 5.11 Å². The molecule has 2 aromatic carbocycles. The molecule has 2 saturated heterocycles. The average Bonchev–Trinajstić information content (AvgIpc) is 3.51. The van der Waals surface area contributed by atoms with E-state index in [4.69, 9.17) is 10.1 Å². The number of aryl methyl sites for hydroxylation is 2. The molecule has 0 radical (unpaired) electrons. The molecule has 4 aromatic rings. The molecule has 0 spiro atoms. The Bertz CT molecular complexity index is 1780. The normalized spacial score (nSPS) is 26.9. The Hall–Kier alpha value is -3.30. The third kappa shape index (κ3) is 7.16. The summed E-state index contributed by atoms with van der Waals surface area (Å²) in [5.41, 5.74) is 7.72. The number of anilines is 1. The van der Waals surface area contributed by atoms with Crippen LogP contribution in [0.25, 0.3) is 28.0 Å². The molecule has 4 saturated carbocycles. The molecule has 4 aliphatic carbocycles. The fraction of sp³-hybridized carbons (Fsp3) is 0.591. The van der Waals surface area contributed by atoms with E-state index in [2.05, 4.69) is 91.7 Å². The third-order valence-electron chi connectivity index (χ3n) is 13.7. The van der Waals surface area contributed by atoms with Gasteiger partial charge < -0.3 is 19.8 Å². The number of fused-ring (bicyclic) bond motifs is 1. The maximum atomic E-state index is 9.50. The number of aliphatic hydroxyl groups is 1. The summed E-state index contributed by atoms with van der Waals surface area (Å²) in [5, 5.41) is 14.6. The molecule has 276 valence electrons.